The van der Waals surface area contributed by atoms with Crippen LogP contribution in [0.3, 0.4) is 0 Å². The molecule has 1 aromatic carbocycles. The number of hydrogen-bond acceptors (Lipinski definition) is 8. The van der Waals surface area contributed by atoms with Gasteiger partial charge >= 0.3 is 6.09 Å². The Labute approximate surface area is 207 Å². The standard InChI is InChI=1S/C27H25NO8/c1-13-11-19(30)18-12-17-14(7-8-16-22(17)26(33)28(25(16)32)27(34)35-2)21(23(18)24(13)31)15-5-3-4-6-20(15)36-10-9-29/h3-7,11,16-17,21-22,29H,8-10,12H2,1-2H3/t16-,17+,21+,22-/m0/s1. The van der Waals surface area contributed by atoms with Crippen LogP contribution in [0.2, 0.25) is 0 Å². The van der Waals surface area contributed by atoms with Gasteiger partial charge in [0.1, 0.15) is 12.4 Å². The van der Waals surface area contributed by atoms with Gasteiger partial charge in [-0.1, -0.05) is 29.8 Å². The van der Waals surface area contributed by atoms with Gasteiger partial charge < -0.3 is 14.6 Å². The Bertz CT molecular complexity index is 1300. The van der Waals surface area contributed by atoms with Crippen molar-refractivity contribution in [3.63, 3.8) is 0 Å². The van der Waals surface area contributed by atoms with E-state index in [9.17, 15) is 29.1 Å². The van der Waals surface area contributed by atoms with Gasteiger partial charge in [0.05, 0.1) is 25.6 Å². The zero-order valence-electron chi connectivity index (χ0n) is 19.9. The molecule has 1 fully saturated rings. The van der Waals surface area contributed by atoms with E-state index >= 15 is 0 Å². The fourth-order valence-electron chi connectivity index (χ4n) is 5.99. The summed E-state index contributed by atoms with van der Waals surface area (Å²) in [4.78, 5) is 65.7. The molecule has 0 bridgehead atoms. The second-order valence-corrected chi connectivity index (χ2v) is 9.32. The molecule has 1 aliphatic heterocycles. The first kappa shape index (κ1) is 23.9. The Morgan fingerprint density at radius 2 is 1.86 bits per heavy atom. The molecule has 5 rings (SSSR count). The number of amides is 3. The number of carbonyl (C=O) groups excluding carboxylic acids is 5. The Hall–Kier alpha value is -3.85. The van der Waals surface area contributed by atoms with Gasteiger partial charge in [-0.25, -0.2) is 4.79 Å². The van der Waals surface area contributed by atoms with Crippen LogP contribution >= 0.6 is 0 Å². The van der Waals surface area contributed by atoms with Crippen LogP contribution in [0.5, 0.6) is 5.75 Å². The van der Waals surface area contributed by atoms with E-state index in [2.05, 4.69) is 4.74 Å². The van der Waals surface area contributed by atoms with Gasteiger partial charge in [0.2, 0.25) is 11.8 Å². The van der Waals surface area contributed by atoms with Crippen LogP contribution in [-0.2, 0) is 23.9 Å². The quantitative estimate of drug-likeness (QED) is 0.386. The number of nitrogens with zero attached hydrogens (tertiary/aromatic N) is 1. The molecule has 0 radical (unpaired) electrons. The number of carbonyl (C=O) groups is 5. The maximum absolute atomic E-state index is 13.4. The predicted molar refractivity (Wildman–Crippen MR) is 125 cm³/mol. The highest BCUT2D eigenvalue weighted by Gasteiger charge is 2.58. The number of ether oxygens (including phenoxy) is 2. The highest BCUT2D eigenvalue weighted by molar-refractivity contribution is 6.24. The molecular weight excluding hydrogens is 466 g/mol. The highest BCUT2D eigenvalue weighted by atomic mass is 16.5. The van der Waals surface area contributed by atoms with Crippen LogP contribution in [0.1, 0.15) is 31.2 Å². The summed E-state index contributed by atoms with van der Waals surface area (Å²) >= 11 is 0. The Balaban J connectivity index is 1.68. The van der Waals surface area contributed by atoms with E-state index in [-0.39, 0.29) is 37.6 Å². The first-order valence-electron chi connectivity index (χ1n) is 11.8. The summed E-state index contributed by atoms with van der Waals surface area (Å²) in [6, 6.07) is 7.08. The summed E-state index contributed by atoms with van der Waals surface area (Å²) in [7, 11) is 1.10. The molecule has 0 spiro atoms. The third kappa shape index (κ3) is 3.45. The third-order valence-electron chi connectivity index (χ3n) is 7.50. The zero-order valence-corrected chi connectivity index (χ0v) is 19.9. The minimum Gasteiger partial charge on any atom is -0.491 e. The zero-order chi connectivity index (χ0) is 25.7. The molecule has 1 heterocycles. The number of rotatable bonds is 4. The van der Waals surface area contributed by atoms with Crippen molar-refractivity contribution in [1.82, 2.24) is 4.90 Å². The summed E-state index contributed by atoms with van der Waals surface area (Å²) < 4.78 is 10.4. The van der Waals surface area contributed by atoms with Crippen LogP contribution in [0.4, 0.5) is 4.79 Å². The van der Waals surface area contributed by atoms with E-state index in [1.54, 1.807) is 31.2 Å². The number of likely N-dealkylation sites (tertiary alicyclic amines) is 1. The summed E-state index contributed by atoms with van der Waals surface area (Å²) in [5.74, 6) is -4.21. The van der Waals surface area contributed by atoms with Gasteiger partial charge in [0, 0.05) is 28.2 Å². The maximum Gasteiger partial charge on any atom is 0.423 e. The van der Waals surface area contributed by atoms with E-state index in [0.717, 1.165) is 12.7 Å². The highest BCUT2D eigenvalue weighted by Crippen LogP contribution is 2.56. The number of imide groups is 3. The van der Waals surface area contributed by atoms with Crippen molar-refractivity contribution in [2.45, 2.75) is 25.7 Å². The summed E-state index contributed by atoms with van der Waals surface area (Å²) in [6.07, 6.45) is 2.47. The largest absolute Gasteiger partial charge is 0.491 e. The number of aliphatic hydroxyl groups excluding tert-OH is 1. The second-order valence-electron chi connectivity index (χ2n) is 9.32. The predicted octanol–water partition coefficient (Wildman–Crippen LogP) is 2.25. The number of aliphatic hydroxyl groups is 1. The molecule has 1 N–H and O–H groups in total. The third-order valence-corrected chi connectivity index (χ3v) is 7.50. The number of fused-ring (bicyclic) bond motifs is 3. The van der Waals surface area contributed by atoms with Crippen molar-refractivity contribution in [1.29, 1.82) is 0 Å². The van der Waals surface area contributed by atoms with Crippen molar-refractivity contribution < 1.29 is 38.6 Å². The van der Waals surface area contributed by atoms with Gasteiger partial charge in [-0.2, -0.15) is 4.90 Å². The summed E-state index contributed by atoms with van der Waals surface area (Å²) in [5.41, 5.74) is 2.37. The Kier molecular flexibility index (Phi) is 5.96. The number of ketones is 2. The molecule has 3 amide bonds. The molecule has 0 saturated carbocycles. The van der Waals surface area contributed by atoms with E-state index in [0.29, 0.717) is 32.9 Å². The van der Waals surface area contributed by atoms with Gasteiger partial charge in [0.25, 0.3) is 0 Å². The summed E-state index contributed by atoms with van der Waals surface area (Å²) in [6.45, 7) is 1.43. The molecule has 9 nitrogen and oxygen atoms in total. The van der Waals surface area contributed by atoms with Crippen LogP contribution in [0.25, 0.3) is 0 Å². The number of para-hydroxylation sites is 1. The van der Waals surface area contributed by atoms with Crippen molar-refractivity contribution in [3.05, 3.63) is 64.3 Å². The van der Waals surface area contributed by atoms with Crippen molar-refractivity contribution >= 4 is 29.5 Å². The van der Waals surface area contributed by atoms with Gasteiger partial charge in [-0.15, -0.1) is 0 Å². The van der Waals surface area contributed by atoms with E-state index in [1.165, 1.54) is 6.08 Å². The lowest BCUT2D eigenvalue weighted by atomic mass is 9.59. The fraction of sp³-hybridized carbons (Fsp3) is 0.370. The topological polar surface area (TPSA) is 127 Å². The fourth-order valence-corrected chi connectivity index (χ4v) is 5.99. The van der Waals surface area contributed by atoms with Crippen LogP contribution in [0, 0.1) is 17.8 Å². The molecule has 0 aromatic heterocycles. The average molecular weight is 491 g/mol. The molecule has 4 aliphatic rings. The van der Waals surface area contributed by atoms with Crippen LogP contribution in [0.15, 0.2) is 58.7 Å². The normalized spacial score (nSPS) is 27.2. The maximum atomic E-state index is 13.4. The van der Waals surface area contributed by atoms with Crippen LogP contribution in [-0.4, -0.2) is 59.8 Å². The number of allylic oxidation sites excluding steroid dienone is 6. The monoisotopic (exact) mass is 491 g/mol. The van der Waals surface area contributed by atoms with Gasteiger partial charge in [-0.05, 0) is 37.8 Å². The molecule has 36 heavy (non-hydrogen) atoms. The first-order chi connectivity index (χ1) is 17.3. The van der Waals surface area contributed by atoms with E-state index in [4.69, 9.17) is 4.74 Å². The molecule has 9 heteroatoms. The lowest BCUT2D eigenvalue weighted by molar-refractivity contribution is -0.137. The molecule has 1 aromatic rings. The molecule has 4 atom stereocenters. The number of hydrogen-bond donors (Lipinski definition) is 1. The molecular formula is C27H25NO8. The SMILES string of the molecule is COC(=O)N1C(=O)[C@H]2[C@H](CC=C3[C@H](c4ccccc4OCCO)C4=C(C[C@H]32)C(=O)C=C(C)C4=O)C1=O. The van der Waals surface area contributed by atoms with Crippen molar-refractivity contribution in [2.24, 2.45) is 17.8 Å². The molecule has 0 unspecified atom stereocenters. The minimum absolute atomic E-state index is 0.0374. The molecule has 186 valence electrons. The van der Waals surface area contributed by atoms with Crippen molar-refractivity contribution in [2.75, 3.05) is 20.3 Å². The van der Waals surface area contributed by atoms with E-state index in [1.807, 2.05) is 6.08 Å². The average Bonchev–Trinajstić information content (AvgIpc) is 3.14. The number of methoxy groups -OCH3 is 1. The van der Waals surface area contributed by atoms with Gasteiger partial charge in [-0.3, -0.25) is 19.2 Å². The Morgan fingerprint density at radius 3 is 2.58 bits per heavy atom. The first-order valence-corrected chi connectivity index (χ1v) is 11.8. The smallest absolute Gasteiger partial charge is 0.423 e. The number of Topliss-reactive ketones (excluding diaryl/α,β-unsaturated/α-hetero) is 1. The lowest BCUT2D eigenvalue weighted by Crippen LogP contribution is -2.40. The second kappa shape index (κ2) is 8.98. The van der Waals surface area contributed by atoms with E-state index < -0.39 is 41.6 Å². The van der Waals surface area contributed by atoms with Crippen LogP contribution < -0.4 is 4.74 Å². The minimum atomic E-state index is -1.03. The van der Waals surface area contributed by atoms with Gasteiger partial charge in [0.15, 0.2) is 11.6 Å². The molecule has 3 aliphatic carbocycles. The Morgan fingerprint density at radius 1 is 1.11 bits per heavy atom. The lowest BCUT2D eigenvalue weighted by Gasteiger charge is -2.42. The molecule has 1 saturated heterocycles. The summed E-state index contributed by atoms with van der Waals surface area (Å²) in [5, 5.41) is 9.30. The number of benzene rings is 1. The van der Waals surface area contributed by atoms with Crippen molar-refractivity contribution in [3.8, 4) is 5.75 Å².